The van der Waals surface area contributed by atoms with Crippen LogP contribution in [0.3, 0.4) is 0 Å². The average molecular weight is 336 g/mol. The molecule has 1 fully saturated rings. The Morgan fingerprint density at radius 3 is 2.43 bits per heavy atom. The molecule has 120 valence electrons. The number of anilines is 1. The molecule has 0 spiro atoms. The molecule has 1 aromatic heterocycles. The summed E-state index contributed by atoms with van der Waals surface area (Å²) < 4.78 is 13.0. The number of amides is 1. The first kappa shape index (κ1) is 15.6. The highest BCUT2D eigenvalue weighted by Crippen LogP contribution is 2.18. The summed E-state index contributed by atoms with van der Waals surface area (Å²) >= 11 is 5.84. The van der Waals surface area contributed by atoms with E-state index in [1.807, 2.05) is 0 Å². The van der Waals surface area contributed by atoms with Crippen LogP contribution < -0.4 is 10.5 Å². The van der Waals surface area contributed by atoms with Gasteiger partial charge < -0.3 is 14.8 Å². The van der Waals surface area contributed by atoms with Crippen LogP contribution in [0.2, 0.25) is 5.02 Å². The molecule has 0 radical (unpaired) electrons. The standard InChI is InChI=1S/C16H15ClFN3O2/c17-11-9-14(15(22)19-10-11)16(23)21-7-5-20(6-8-21)13-3-1-12(18)2-4-13/h1-4,9-10H,5-8H2,(H,19,22). The van der Waals surface area contributed by atoms with Crippen LogP contribution in [-0.4, -0.2) is 42.0 Å². The summed E-state index contributed by atoms with van der Waals surface area (Å²) in [5.41, 5.74) is 0.521. The number of aromatic amines is 1. The summed E-state index contributed by atoms with van der Waals surface area (Å²) in [6.07, 6.45) is 1.35. The van der Waals surface area contributed by atoms with Gasteiger partial charge in [-0.3, -0.25) is 9.59 Å². The molecule has 0 unspecified atom stereocenters. The van der Waals surface area contributed by atoms with E-state index in [1.165, 1.54) is 24.4 Å². The maximum atomic E-state index is 13.0. The number of hydrogen-bond donors (Lipinski definition) is 1. The number of H-pyrrole nitrogens is 1. The minimum Gasteiger partial charge on any atom is -0.368 e. The highest BCUT2D eigenvalue weighted by Gasteiger charge is 2.24. The number of benzene rings is 1. The van der Waals surface area contributed by atoms with Crippen molar-refractivity contribution >= 4 is 23.2 Å². The van der Waals surface area contributed by atoms with Gasteiger partial charge in [0.15, 0.2) is 0 Å². The number of pyridine rings is 1. The summed E-state index contributed by atoms with van der Waals surface area (Å²) in [5, 5.41) is 0.317. The fourth-order valence-corrected chi connectivity index (χ4v) is 2.77. The molecule has 7 heteroatoms. The third kappa shape index (κ3) is 3.37. The number of hydrogen-bond acceptors (Lipinski definition) is 3. The second-order valence-corrected chi connectivity index (χ2v) is 5.75. The van der Waals surface area contributed by atoms with Crippen LogP contribution in [0, 0.1) is 5.82 Å². The Kier molecular flexibility index (Phi) is 4.34. The van der Waals surface area contributed by atoms with Gasteiger partial charge in [0, 0.05) is 38.1 Å². The zero-order valence-corrected chi connectivity index (χ0v) is 13.0. The molecule has 1 aliphatic rings. The first-order chi connectivity index (χ1) is 11.0. The molecule has 1 N–H and O–H groups in total. The topological polar surface area (TPSA) is 56.4 Å². The van der Waals surface area contributed by atoms with Gasteiger partial charge in [0.25, 0.3) is 11.5 Å². The Bertz CT molecular complexity index is 768. The van der Waals surface area contributed by atoms with Gasteiger partial charge in [0.1, 0.15) is 11.4 Å². The highest BCUT2D eigenvalue weighted by molar-refractivity contribution is 6.30. The zero-order valence-electron chi connectivity index (χ0n) is 12.3. The predicted octanol–water partition coefficient (Wildman–Crippen LogP) is 2.13. The van der Waals surface area contributed by atoms with E-state index >= 15 is 0 Å². The first-order valence-corrected chi connectivity index (χ1v) is 7.60. The minimum atomic E-state index is -0.444. The van der Waals surface area contributed by atoms with Gasteiger partial charge in [-0.2, -0.15) is 0 Å². The Morgan fingerprint density at radius 2 is 1.78 bits per heavy atom. The monoisotopic (exact) mass is 335 g/mol. The van der Waals surface area contributed by atoms with E-state index in [4.69, 9.17) is 11.6 Å². The highest BCUT2D eigenvalue weighted by atomic mass is 35.5. The van der Waals surface area contributed by atoms with Crippen molar-refractivity contribution in [1.82, 2.24) is 9.88 Å². The molecular weight excluding hydrogens is 321 g/mol. The summed E-state index contributed by atoms with van der Waals surface area (Å²) in [5.74, 6) is -0.602. The fourth-order valence-electron chi connectivity index (χ4n) is 2.61. The van der Waals surface area contributed by atoms with Crippen LogP contribution in [0.15, 0.2) is 41.3 Å². The Balaban J connectivity index is 1.69. The van der Waals surface area contributed by atoms with Gasteiger partial charge in [0.2, 0.25) is 0 Å². The smallest absolute Gasteiger partial charge is 0.260 e. The molecule has 1 saturated heterocycles. The molecule has 5 nitrogen and oxygen atoms in total. The number of piperazine rings is 1. The van der Waals surface area contributed by atoms with Crippen molar-refractivity contribution in [3.05, 3.63) is 63.3 Å². The molecule has 2 aromatic rings. The van der Waals surface area contributed by atoms with Crippen molar-refractivity contribution in [3.8, 4) is 0 Å². The summed E-state index contributed by atoms with van der Waals surface area (Å²) in [6, 6.07) is 7.65. The number of aromatic nitrogens is 1. The Morgan fingerprint density at radius 1 is 1.13 bits per heavy atom. The molecular formula is C16H15ClFN3O2. The van der Waals surface area contributed by atoms with Crippen LogP contribution in [0.5, 0.6) is 0 Å². The number of nitrogens with one attached hydrogen (secondary N) is 1. The number of carbonyl (C=O) groups excluding carboxylic acids is 1. The van der Waals surface area contributed by atoms with Crippen molar-refractivity contribution in [2.75, 3.05) is 31.1 Å². The van der Waals surface area contributed by atoms with Gasteiger partial charge in [0.05, 0.1) is 5.02 Å². The molecule has 0 bridgehead atoms. The van der Waals surface area contributed by atoms with Crippen molar-refractivity contribution in [2.24, 2.45) is 0 Å². The van der Waals surface area contributed by atoms with Crippen LogP contribution in [0.1, 0.15) is 10.4 Å². The lowest BCUT2D eigenvalue weighted by molar-refractivity contribution is 0.0745. The minimum absolute atomic E-state index is 0.0488. The van der Waals surface area contributed by atoms with Crippen molar-refractivity contribution in [2.45, 2.75) is 0 Å². The molecule has 3 rings (SSSR count). The molecule has 2 heterocycles. The fraction of sp³-hybridized carbons (Fsp3) is 0.250. The van der Waals surface area contributed by atoms with E-state index in [0.717, 1.165) is 5.69 Å². The predicted molar refractivity (Wildman–Crippen MR) is 86.6 cm³/mol. The molecule has 1 amide bonds. The molecule has 0 atom stereocenters. The molecule has 0 saturated carbocycles. The summed E-state index contributed by atoms with van der Waals surface area (Å²) in [7, 11) is 0. The molecule has 23 heavy (non-hydrogen) atoms. The largest absolute Gasteiger partial charge is 0.368 e. The molecule has 1 aliphatic heterocycles. The van der Waals surface area contributed by atoms with Crippen molar-refractivity contribution < 1.29 is 9.18 Å². The number of carbonyl (C=O) groups is 1. The second-order valence-electron chi connectivity index (χ2n) is 5.32. The molecule has 1 aromatic carbocycles. The number of nitrogens with zero attached hydrogens (tertiary/aromatic N) is 2. The average Bonchev–Trinajstić information content (AvgIpc) is 2.57. The second kappa shape index (κ2) is 6.42. The van der Waals surface area contributed by atoms with Crippen molar-refractivity contribution in [1.29, 1.82) is 0 Å². The lowest BCUT2D eigenvalue weighted by atomic mass is 10.2. The van der Waals surface area contributed by atoms with E-state index in [1.54, 1.807) is 17.0 Å². The van der Waals surface area contributed by atoms with Gasteiger partial charge in [-0.05, 0) is 30.3 Å². The normalized spacial score (nSPS) is 14.9. The third-order valence-electron chi connectivity index (χ3n) is 3.86. The molecule has 0 aliphatic carbocycles. The van der Waals surface area contributed by atoms with Gasteiger partial charge in [-0.15, -0.1) is 0 Å². The van der Waals surface area contributed by atoms with Gasteiger partial charge in [-0.25, -0.2) is 4.39 Å². The van der Waals surface area contributed by atoms with Crippen molar-refractivity contribution in [3.63, 3.8) is 0 Å². The maximum absolute atomic E-state index is 13.0. The number of halogens is 2. The van der Waals surface area contributed by atoms with Crippen LogP contribution in [0.25, 0.3) is 0 Å². The van der Waals surface area contributed by atoms with E-state index in [2.05, 4.69) is 9.88 Å². The van der Waals surface area contributed by atoms with E-state index in [-0.39, 0.29) is 17.3 Å². The van der Waals surface area contributed by atoms with E-state index in [0.29, 0.717) is 31.2 Å². The summed E-state index contributed by atoms with van der Waals surface area (Å²) in [4.78, 5) is 30.4. The zero-order chi connectivity index (χ0) is 16.4. The van der Waals surface area contributed by atoms with E-state index < -0.39 is 5.56 Å². The Hall–Kier alpha value is -2.34. The third-order valence-corrected chi connectivity index (χ3v) is 4.08. The lowest BCUT2D eigenvalue weighted by Gasteiger charge is -2.36. The van der Waals surface area contributed by atoms with Gasteiger partial charge in [-0.1, -0.05) is 11.6 Å². The maximum Gasteiger partial charge on any atom is 0.260 e. The first-order valence-electron chi connectivity index (χ1n) is 7.22. The van der Waals surface area contributed by atoms with Crippen LogP contribution in [0.4, 0.5) is 10.1 Å². The Labute approximate surface area is 137 Å². The van der Waals surface area contributed by atoms with Crippen LogP contribution in [-0.2, 0) is 0 Å². The van der Waals surface area contributed by atoms with Crippen LogP contribution >= 0.6 is 11.6 Å². The quantitative estimate of drug-likeness (QED) is 0.914. The van der Waals surface area contributed by atoms with Gasteiger partial charge >= 0.3 is 0 Å². The van der Waals surface area contributed by atoms with E-state index in [9.17, 15) is 14.0 Å². The lowest BCUT2D eigenvalue weighted by Crippen LogP contribution is -2.49. The number of rotatable bonds is 2. The summed E-state index contributed by atoms with van der Waals surface area (Å²) in [6.45, 7) is 2.22. The SMILES string of the molecule is O=C(c1cc(Cl)c[nH]c1=O)N1CCN(c2ccc(F)cc2)CC1.